The van der Waals surface area contributed by atoms with Gasteiger partial charge in [0.25, 0.3) is 0 Å². The number of hydrogen-bond donors (Lipinski definition) is 1. The van der Waals surface area contributed by atoms with Crippen LogP contribution in [0.3, 0.4) is 0 Å². The predicted octanol–water partition coefficient (Wildman–Crippen LogP) is 1.16. The molecule has 1 aromatic carbocycles. The SMILES string of the molecule is CC(=O)NCC1CN(Cc2ccc(F)cc2)CCO1. The first-order chi connectivity index (χ1) is 9.13. The lowest BCUT2D eigenvalue weighted by molar-refractivity contribution is -0.120. The van der Waals surface area contributed by atoms with Gasteiger partial charge in [-0.3, -0.25) is 9.69 Å². The van der Waals surface area contributed by atoms with Crippen molar-refractivity contribution in [1.82, 2.24) is 10.2 Å². The highest BCUT2D eigenvalue weighted by Crippen LogP contribution is 2.11. The summed E-state index contributed by atoms with van der Waals surface area (Å²) in [5.41, 5.74) is 1.08. The molecule has 1 N–H and O–H groups in total. The van der Waals surface area contributed by atoms with Gasteiger partial charge in [0.15, 0.2) is 0 Å². The van der Waals surface area contributed by atoms with Gasteiger partial charge >= 0.3 is 0 Å². The number of carbonyl (C=O) groups is 1. The van der Waals surface area contributed by atoms with Crippen LogP contribution < -0.4 is 5.32 Å². The Morgan fingerprint density at radius 2 is 2.21 bits per heavy atom. The number of morpholine rings is 1. The summed E-state index contributed by atoms with van der Waals surface area (Å²) in [5.74, 6) is -0.256. The molecule has 1 amide bonds. The molecule has 0 saturated carbocycles. The number of benzene rings is 1. The molecule has 19 heavy (non-hydrogen) atoms. The zero-order valence-electron chi connectivity index (χ0n) is 11.1. The Balaban J connectivity index is 1.83. The summed E-state index contributed by atoms with van der Waals surface area (Å²) >= 11 is 0. The van der Waals surface area contributed by atoms with E-state index < -0.39 is 0 Å². The number of ether oxygens (including phenoxy) is 1. The number of carbonyl (C=O) groups excluding carboxylic acids is 1. The van der Waals surface area contributed by atoms with E-state index in [2.05, 4.69) is 10.2 Å². The van der Waals surface area contributed by atoms with Gasteiger partial charge in [0, 0.05) is 33.1 Å². The number of amides is 1. The van der Waals surface area contributed by atoms with Gasteiger partial charge in [-0.05, 0) is 17.7 Å². The minimum absolute atomic E-state index is 0.0260. The normalized spacial score (nSPS) is 20.2. The van der Waals surface area contributed by atoms with Crippen LogP contribution in [-0.2, 0) is 16.1 Å². The van der Waals surface area contributed by atoms with Gasteiger partial charge in [-0.25, -0.2) is 4.39 Å². The topological polar surface area (TPSA) is 41.6 Å². The van der Waals surface area contributed by atoms with Gasteiger partial charge in [0.1, 0.15) is 5.82 Å². The third-order valence-corrected chi connectivity index (χ3v) is 3.12. The fourth-order valence-corrected chi connectivity index (χ4v) is 2.15. The van der Waals surface area contributed by atoms with Crippen LogP contribution in [0.15, 0.2) is 24.3 Å². The van der Waals surface area contributed by atoms with Crippen molar-refractivity contribution in [2.45, 2.75) is 19.6 Å². The van der Waals surface area contributed by atoms with E-state index in [0.717, 1.165) is 25.2 Å². The minimum Gasteiger partial charge on any atom is -0.374 e. The summed E-state index contributed by atoms with van der Waals surface area (Å²) in [7, 11) is 0. The summed E-state index contributed by atoms with van der Waals surface area (Å²) in [6, 6.07) is 6.55. The number of hydrogen-bond acceptors (Lipinski definition) is 3. The fraction of sp³-hybridized carbons (Fsp3) is 0.500. The van der Waals surface area contributed by atoms with E-state index in [0.29, 0.717) is 13.2 Å². The second kappa shape index (κ2) is 6.63. The van der Waals surface area contributed by atoms with Crippen molar-refractivity contribution in [2.24, 2.45) is 0 Å². The highest BCUT2D eigenvalue weighted by molar-refractivity contribution is 5.72. The Morgan fingerprint density at radius 3 is 2.89 bits per heavy atom. The van der Waals surface area contributed by atoms with Gasteiger partial charge in [0.2, 0.25) is 5.91 Å². The molecule has 0 aromatic heterocycles. The molecule has 1 unspecified atom stereocenters. The molecule has 0 spiro atoms. The van der Waals surface area contributed by atoms with Gasteiger partial charge in [0.05, 0.1) is 12.7 Å². The Labute approximate surface area is 112 Å². The van der Waals surface area contributed by atoms with Crippen LogP contribution in [-0.4, -0.2) is 43.2 Å². The lowest BCUT2D eigenvalue weighted by atomic mass is 10.2. The van der Waals surface area contributed by atoms with Gasteiger partial charge in [-0.2, -0.15) is 0 Å². The first kappa shape index (κ1) is 14.0. The quantitative estimate of drug-likeness (QED) is 0.889. The van der Waals surface area contributed by atoms with Crippen LogP contribution in [0.2, 0.25) is 0 Å². The second-order valence-electron chi connectivity index (χ2n) is 4.79. The van der Waals surface area contributed by atoms with E-state index in [1.165, 1.54) is 19.1 Å². The molecular formula is C14H19FN2O2. The average molecular weight is 266 g/mol. The van der Waals surface area contributed by atoms with Crippen LogP contribution >= 0.6 is 0 Å². The second-order valence-corrected chi connectivity index (χ2v) is 4.79. The van der Waals surface area contributed by atoms with E-state index in [9.17, 15) is 9.18 Å². The Bertz CT molecular complexity index is 422. The molecule has 1 fully saturated rings. The highest BCUT2D eigenvalue weighted by atomic mass is 19.1. The van der Waals surface area contributed by atoms with Crippen molar-refractivity contribution in [3.63, 3.8) is 0 Å². The molecule has 0 bridgehead atoms. The standard InChI is InChI=1S/C14H19FN2O2/c1-11(18)16-8-14-10-17(6-7-19-14)9-12-2-4-13(15)5-3-12/h2-5,14H,6-10H2,1H3,(H,16,18). The lowest BCUT2D eigenvalue weighted by Crippen LogP contribution is -2.46. The van der Waals surface area contributed by atoms with Crippen LogP contribution in [0.25, 0.3) is 0 Å². The number of halogens is 1. The maximum absolute atomic E-state index is 12.8. The molecule has 1 aliphatic rings. The summed E-state index contributed by atoms with van der Waals surface area (Å²) in [5, 5.41) is 2.77. The molecule has 104 valence electrons. The van der Waals surface area contributed by atoms with E-state index >= 15 is 0 Å². The third-order valence-electron chi connectivity index (χ3n) is 3.12. The summed E-state index contributed by atoms with van der Waals surface area (Å²) in [6.07, 6.45) is 0.0260. The molecule has 2 rings (SSSR count). The third kappa shape index (κ3) is 4.61. The van der Waals surface area contributed by atoms with E-state index in [1.54, 1.807) is 12.1 Å². The van der Waals surface area contributed by atoms with E-state index in [1.807, 2.05) is 0 Å². The molecule has 1 heterocycles. The smallest absolute Gasteiger partial charge is 0.216 e. The largest absolute Gasteiger partial charge is 0.374 e. The molecule has 0 aliphatic carbocycles. The summed E-state index contributed by atoms with van der Waals surface area (Å²) < 4.78 is 18.4. The Hall–Kier alpha value is -1.46. The maximum Gasteiger partial charge on any atom is 0.216 e. The van der Waals surface area contributed by atoms with Crippen molar-refractivity contribution in [3.8, 4) is 0 Å². The van der Waals surface area contributed by atoms with E-state index in [-0.39, 0.29) is 17.8 Å². The monoisotopic (exact) mass is 266 g/mol. The molecule has 4 nitrogen and oxygen atoms in total. The van der Waals surface area contributed by atoms with Crippen molar-refractivity contribution < 1.29 is 13.9 Å². The molecule has 1 aliphatic heterocycles. The molecule has 0 radical (unpaired) electrons. The van der Waals surface area contributed by atoms with Crippen LogP contribution in [0, 0.1) is 5.82 Å². The first-order valence-electron chi connectivity index (χ1n) is 6.46. The maximum atomic E-state index is 12.8. The first-order valence-corrected chi connectivity index (χ1v) is 6.46. The van der Waals surface area contributed by atoms with Crippen LogP contribution in [0.5, 0.6) is 0 Å². The molecule has 5 heteroatoms. The fourth-order valence-electron chi connectivity index (χ4n) is 2.15. The number of nitrogens with zero attached hydrogens (tertiary/aromatic N) is 1. The molecular weight excluding hydrogens is 247 g/mol. The number of nitrogens with one attached hydrogen (secondary N) is 1. The average Bonchev–Trinajstić information content (AvgIpc) is 2.40. The van der Waals surface area contributed by atoms with Crippen molar-refractivity contribution in [1.29, 1.82) is 0 Å². The Morgan fingerprint density at radius 1 is 1.47 bits per heavy atom. The lowest BCUT2D eigenvalue weighted by Gasteiger charge is -2.33. The van der Waals surface area contributed by atoms with Crippen molar-refractivity contribution in [2.75, 3.05) is 26.2 Å². The van der Waals surface area contributed by atoms with Crippen molar-refractivity contribution in [3.05, 3.63) is 35.6 Å². The van der Waals surface area contributed by atoms with Crippen LogP contribution in [0.1, 0.15) is 12.5 Å². The molecule has 1 aromatic rings. The Kier molecular flexibility index (Phi) is 4.87. The van der Waals surface area contributed by atoms with E-state index in [4.69, 9.17) is 4.74 Å². The van der Waals surface area contributed by atoms with Crippen LogP contribution in [0.4, 0.5) is 4.39 Å². The molecule has 1 atom stereocenters. The van der Waals surface area contributed by atoms with Gasteiger partial charge in [-0.1, -0.05) is 12.1 Å². The zero-order chi connectivity index (χ0) is 13.7. The zero-order valence-corrected chi connectivity index (χ0v) is 11.1. The highest BCUT2D eigenvalue weighted by Gasteiger charge is 2.20. The number of rotatable bonds is 4. The van der Waals surface area contributed by atoms with Crippen molar-refractivity contribution >= 4 is 5.91 Å². The molecule has 1 saturated heterocycles. The minimum atomic E-state index is -0.214. The summed E-state index contributed by atoms with van der Waals surface area (Å²) in [6.45, 7) is 5.10. The summed E-state index contributed by atoms with van der Waals surface area (Å²) in [4.78, 5) is 13.1. The predicted molar refractivity (Wildman–Crippen MR) is 70.1 cm³/mol. The van der Waals surface area contributed by atoms with Gasteiger partial charge < -0.3 is 10.1 Å². The van der Waals surface area contributed by atoms with Gasteiger partial charge in [-0.15, -0.1) is 0 Å².